The first-order valence-corrected chi connectivity index (χ1v) is 10.6. The molecule has 0 fully saturated rings. The summed E-state index contributed by atoms with van der Waals surface area (Å²) in [7, 11) is 1.60. The molecule has 0 aliphatic heterocycles. The smallest absolute Gasteiger partial charge is 0.263 e. The van der Waals surface area contributed by atoms with Gasteiger partial charge in [-0.25, -0.2) is 0 Å². The third-order valence-corrected chi connectivity index (χ3v) is 5.86. The van der Waals surface area contributed by atoms with Crippen LogP contribution in [0.1, 0.15) is 5.69 Å². The van der Waals surface area contributed by atoms with Gasteiger partial charge in [0.05, 0.1) is 23.3 Å². The zero-order valence-electron chi connectivity index (χ0n) is 17.8. The fraction of sp³-hybridized carbons (Fsp3) is 0.0769. The van der Waals surface area contributed by atoms with Crippen molar-refractivity contribution in [3.63, 3.8) is 0 Å². The molecule has 2 aromatic heterocycles. The van der Waals surface area contributed by atoms with Crippen LogP contribution in [0.5, 0.6) is 11.5 Å². The van der Waals surface area contributed by atoms with Gasteiger partial charge in [0.15, 0.2) is 5.76 Å². The summed E-state index contributed by atoms with van der Waals surface area (Å²) >= 11 is 6.60. The molecular weight excluding hydrogens is 440 g/mol. The van der Waals surface area contributed by atoms with Gasteiger partial charge in [-0.1, -0.05) is 53.2 Å². The lowest BCUT2D eigenvalue weighted by Crippen LogP contribution is -2.09. The van der Waals surface area contributed by atoms with Gasteiger partial charge in [-0.05, 0) is 42.3 Å². The van der Waals surface area contributed by atoms with Crippen LogP contribution in [0.15, 0.2) is 76.0 Å². The Morgan fingerprint density at radius 1 is 1.00 bits per heavy atom. The summed E-state index contributed by atoms with van der Waals surface area (Å²) in [6.45, 7) is 1.74. The third kappa shape index (κ3) is 3.64. The van der Waals surface area contributed by atoms with E-state index in [1.165, 1.54) is 0 Å². The van der Waals surface area contributed by atoms with E-state index >= 15 is 0 Å². The molecule has 0 bridgehead atoms. The molecule has 0 radical (unpaired) electrons. The Morgan fingerprint density at radius 2 is 1.79 bits per heavy atom. The predicted octanol–water partition coefficient (Wildman–Crippen LogP) is 6.19. The zero-order chi connectivity index (χ0) is 23.1. The first-order chi connectivity index (χ1) is 16.0. The minimum absolute atomic E-state index is 0.0164. The van der Waals surface area contributed by atoms with Crippen LogP contribution in [0.4, 0.5) is 0 Å². The summed E-state index contributed by atoms with van der Waals surface area (Å²) in [5.74, 6) is 0.615. The van der Waals surface area contributed by atoms with E-state index in [9.17, 15) is 9.90 Å². The van der Waals surface area contributed by atoms with Gasteiger partial charge in [0.1, 0.15) is 17.1 Å². The van der Waals surface area contributed by atoms with Gasteiger partial charge in [0.2, 0.25) is 0 Å². The molecule has 7 heteroatoms. The Morgan fingerprint density at radius 3 is 2.48 bits per heavy atom. The van der Waals surface area contributed by atoms with Crippen LogP contribution in [-0.2, 0) is 0 Å². The van der Waals surface area contributed by atoms with E-state index in [0.29, 0.717) is 32.9 Å². The average Bonchev–Trinajstić information content (AvgIpc) is 3.24. The molecule has 0 aliphatic rings. The van der Waals surface area contributed by atoms with Crippen LogP contribution in [0.2, 0.25) is 5.02 Å². The highest BCUT2D eigenvalue weighted by atomic mass is 35.5. The number of nitrogens with zero attached hydrogens (tertiary/aromatic N) is 1. The monoisotopic (exact) mass is 458 g/mol. The van der Waals surface area contributed by atoms with Gasteiger partial charge >= 0.3 is 0 Å². The van der Waals surface area contributed by atoms with Crippen LogP contribution in [0, 0.1) is 6.92 Å². The minimum Gasteiger partial charge on any atom is -0.506 e. The summed E-state index contributed by atoms with van der Waals surface area (Å²) in [4.78, 5) is 15.4. The number of H-pyrrole nitrogens is 1. The molecule has 0 amide bonds. The lowest BCUT2D eigenvalue weighted by molar-refractivity contribution is 0.416. The number of halogens is 1. The quantitative estimate of drug-likeness (QED) is 0.335. The van der Waals surface area contributed by atoms with E-state index < -0.39 is 5.56 Å². The summed E-state index contributed by atoms with van der Waals surface area (Å²) in [6.07, 6.45) is 0. The van der Waals surface area contributed by atoms with Gasteiger partial charge in [-0.2, -0.15) is 0 Å². The van der Waals surface area contributed by atoms with Crippen LogP contribution in [-0.4, -0.2) is 22.4 Å². The largest absolute Gasteiger partial charge is 0.506 e. The summed E-state index contributed by atoms with van der Waals surface area (Å²) in [6, 6.07) is 20.8. The molecule has 0 atom stereocenters. The van der Waals surface area contributed by atoms with Crippen LogP contribution >= 0.6 is 11.6 Å². The van der Waals surface area contributed by atoms with E-state index in [0.717, 1.165) is 16.7 Å². The molecular formula is C26H19ClN2O4. The molecule has 5 aromatic rings. The number of hydrogen-bond donors (Lipinski definition) is 2. The molecule has 2 heterocycles. The van der Waals surface area contributed by atoms with E-state index in [1.54, 1.807) is 32.2 Å². The molecule has 0 saturated heterocycles. The van der Waals surface area contributed by atoms with E-state index in [2.05, 4.69) is 10.1 Å². The second-order valence-electron chi connectivity index (χ2n) is 7.67. The lowest BCUT2D eigenvalue weighted by atomic mass is 9.97. The van der Waals surface area contributed by atoms with E-state index in [1.807, 2.05) is 48.5 Å². The number of benzene rings is 3. The number of methoxy groups -OCH3 is 1. The van der Waals surface area contributed by atoms with Gasteiger partial charge in [0, 0.05) is 22.6 Å². The van der Waals surface area contributed by atoms with Crippen molar-refractivity contribution in [2.75, 3.05) is 7.11 Å². The standard InChI is InChI=1S/C26H19ClN2O4/c1-14-10-23(33-29-14)24-25(30)19-12-18(20(27)13-21(19)28-26(24)31)17-9-8-16(11-22(17)32-2)15-6-4-3-5-7-15/h3-13H,1-2H3,(H2,28,30,31). The van der Waals surface area contributed by atoms with Gasteiger partial charge in [-0.15, -0.1) is 0 Å². The number of hydrogen-bond acceptors (Lipinski definition) is 5. The van der Waals surface area contributed by atoms with Crippen molar-refractivity contribution in [1.29, 1.82) is 0 Å². The number of aromatic hydroxyl groups is 1. The minimum atomic E-state index is -0.496. The third-order valence-electron chi connectivity index (χ3n) is 5.55. The fourth-order valence-corrected chi connectivity index (χ4v) is 4.21. The molecule has 6 nitrogen and oxygen atoms in total. The number of rotatable bonds is 4. The number of fused-ring (bicyclic) bond motifs is 1. The number of aromatic nitrogens is 2. The molecule has 2 N–H and O–H groups in total. The summed E-state index contributed by atoms with van der Waals surface area (Å²) < 4.78 is 10.9. The maximum Gasteiger partial charge on any atom is 0.263 e. The van der Waals surface area contributed by atoms with Crippen molar-refractivity contribution in [3.8, 4) is 45.1 Å². The number of ether oxygens (including phenoxy) is 1. The van der Waals surface area contributed by atoms with Crippen molar-refractivity contribution >= 4 is 22.5 Å². The number of pyridine rings is 1. The Balaban J connectivity index is 1.70. The first-order valence-electron chi connectivity index (χ1n) is 10.2. The normalized spacial score (nSPS) is 11.1. The Kier molecular flexibility index (Phi) is 5.15. The van der Waals surface area contributed by atoms with Crippen LogP contribution in [0.3, 0.4) is 0 Å². The fourth-order valence-electron chi connectivity index (χ4n) is 3.94. The zero-order valence-corrected chi connectivity index (χ0v) is 18.6. The van der Waals surface area contributed by atoms with Crippen LogP contribution in [0.25, 0.3) is 44.5 Å². The highest BCUT2D eigenvalue weighted by molar-refractivity contribution is 6.34. The van der Waals surface area contributed by atoms with Crippen molar-refractivity contribution in [3.05, 3.63) is 87.8 Å². The predicted molar refractivity (Wildman–Crippen MR) is 129 cm³/mol. The number of aryl methyl sites for hydroxylation is 1. The van der Waals surface area contributed by atoms with E-state index in [4.69, 9.17) is 20.9 Å². The SMILES string of the molecule is COc1cc(-c2ccccc2)ccc1-c1cc2c(O)c(-c3cc(C)no3)c(=O)[nH]c2cc1Cl. The Bertz CT molecular complexity index is 1550. The van der Waals surface area contributed by atoms with Gasteiger partial charge < -0.3 is 19.4 Å². The van der Waals surface area contributed by atoms with E-state index in [-0.39, 0.29) is 17.1 Å². The molecule has 33 heavy (non-hydrogen) atoms. The summed E-state index contributed by atoms with van der Waals surface area (Å²) in [5.41, 5.74) is 4.01. The molecule has 0 spiro atoms. The molecule has 0 unspecified atom stereocenters. The highest BCUT2D eigenvalue weighted by Crippen LogP contribution is 2.42. The second kappa shape index (κ2) is 8.15. The highest BCUT2D eigenvalue weighted by Gasteiger charge is 2.20. The van der Waals surface area contributed by atoms with Crippen molar-refractivity contribution in [2.24, 2.45) is 0 Å². The van der Waals surface area contributed by atoms with Gasteiger partial charge in [-0.3, -0.25) is 4.79 Å². The molecule has 164 valence electrons. The average molecular weight is 459 g/mol. The van der Waals surface area contributed by atoms with Crippen LogP contribution < -0.4 is 10.3 Å². The maximum atomic E-state index is 12.6. The first kappa shape index (κ1) is 20.8. The summed E-state index contributed by atoms with van der Waals surface area (Å²) in [5, 5.41) is 15.6. The van der Waals surface area contributed by atoms with Gasteiger partial charge in [0.25, 0.3) is 5.56 Å². The molecule has 3 aromatic carbocycles. The number of nitrogens with one attached hydrogen (secondary N) is 1. The molecule has 0 saturated carbocycles. The topological polar surface area (TPSA) is 88.3 Å². The Labute approximate surface area is 194 Å². The van der Waals surface area contributed by atoms with Crippen molar-refractivity contribution in [1.82, 2.24) is 10.1 Å². The maximum absolute atomic E-state index is 12.6. The molecule has 5 rings (SSSR count). The van der Waals surface area contributed by atoms with Crippen molar-refractivity contribution in [2.45, 2.75) is 6.92 Å². The Hall–Kier alpha value is -4.03. The molecule has 0 aliphatic carbocycles. The van der Waals surface area contributed by atoms with Crippen molar-refractivity contribution < 1.29 is 14.4 Å². The number of aromatic amines is 1. The lowest BCUT2D eigenvalue weighted by Gasteiger charge is -2.14. The second-order valence-corrected chi connectivity index (χ2v) is 8.08.